The molecule has 0 saturated carbocycles. The highest BCUT2D eigenvalue weighted by molar-refractivity contribution is 5.92. The van der Waals surface area contributed by atoms with Crippen molar-refractivity contribution in [1.82, 2.24) is 15.2 Å². The lowest BCUT2D eigenvalue weighted by Crippen LogP contribution is -2.32. The largest absolute Gasteiger partial charge is 0.357 e. The van der Waals surface area contributed by atoms with Crippen LogP contribution in [0.1, 0.15) is 10.5 Å². The van der Waals surface area contributed by atoms with E-state index in [4.69, 9.17) is 0 Å². The third-order valence-electron chi connectivity index (χ3n) is 3.51. The predicted molar refractivity (Wildman–Crippen MR) is 56.5 cm³/mol. The molecule has 2 atom stereocenters. The summed E-state index contributed by atoms with van der Waals surface area (Å²) in [6, 6.07) is 3.71. The van der Waals surface area contributed by atoms with Crippen LogP contribution in [0.2, 0.25) is 0 Å². The topological polar surface area (TPSA) is 48.1 Å². The normalized spacial score (nSPS) is 29.5. The molecule has 80 valence electrons. The van der Waals surface area contributed by atoms with Gasteiger partial charge in [0.25, 0.3) is 5.91 Å². The standard InChI is InChI=1S/C11H15N3O/c15-11(10-2-1-3-13-10)14-6-8-4-12-5-9(8)7-14/h1-3,8-9,12-13H,4-7H2/t8-,9+. The summed E-state index contributed by atoms with van der Waals surface area (Å²) >= 11 is 0. The molecule has 0 aliphatic carbocycles. The van der Waals surface area contributed by atoms with Gasteiger partial charge in [0.2, 0.25) is 0 Å². The van der Waals surface area contributed by atoms with Gasteiger partial charge in [-0.05, 0) is 24.0 Å². The summed E-state index contributed by atoms with van der Waals surface area (Å²) in [5, 5.41) is 3.37. The van der Waals surface area contributed by atoms with E-state index in [9.17, 15) is 4.79 Å². The first-order valence-corrected chi connectivity index (χ1v) is 5.48. The van der Waals surface area contributed by atoms with Gasteiger partial charge in [-0.3, -0.25) is 4.79 Å². The number of amides is 1. The number of fused-ring (bicyclic) bond motifs is 1. The lowest BCUT2D eigenvalue weighted by molar-refractivity contribution is 0.0776. The number of nitrogens with one attached hydrogen (secondary N) is 2. The first-order valence-electron chi connectivity index (χ1n) is 5.48. The minimum atomic E-state index is 0.148. The van der Waals surface area contributed by atoms with Crippen LogP contribution in [-0.4, -0.2) is 42.0 Å². The molecule has 3 rings (SSSR count). The number of likely N-dealkylation sites (tertiary alicyclic amines) is 1. The third kappa shape index (κ3) is 1.45. The Morgan fingerprint density at radius 3 is 2.67 bits per heavy atom. The number of rotatable bonds is 1. The fourth-order valence-electron chi connectivity index (χ4n) is 2.65. The highest BCUT2D eigenvalue weighted by atomic mass is 16.2. The summed E-state index contributed by atoms with van der Waals surface area (Å²) in [4.78, 5) is 17.0. The van der Waals surface area contributed by atoms with Gasteiger partial charge in [0, 0.05) is 32.4 Å². The van der Waals surface area contributed by atoms with E-state index in [0.717, 1.165) is 26.2 Å². The van der Waals surface area contributed by atoms with Crippen LogP contribution in [0, 0.1) is 11.8 Å². The average Bonchev–Trinajstić information content (AvgIpc) is 2.92. The summed E-state index contributed by atoms with van der Waals surface area (Å²) < 4.78 is 0. The van der Waals surface area contributed by atoms with Crippen LogP contribution in [-0.2, 0) is 0 Å². The Morgan fingerprint density at radius 2 is 2.07 bits per heavy atom. The molecule has 0 unspecified atom stereocenters. The van der Waals surface area contributed by atoms with E-state index in [1.54, 1.807) is 6.20 Å². The Kier molecular flexibility index (Phi) is 2.02. The summed E-state index contributed by atoms with van der Waals surface area (Å²) in [5.41, 5.74) is 0.711. The molecule has 4 heteroatoms. The quantitative estimate of drug-likeness (QED) is 0.693. The van der Waals surface area contributed by atoms with Crippen molar-refractivity contribution in [3.63, 3.8) is 0 Å². The van der Waals surface area contributed by atoms with Crippen LogP contribution < -0.4 is 5.32 Å². The second kappa shape index (κ2) is 3.38. The molecule has 2 N–H and O–H groups in total. The van der Waals surface area contributed by atoms with E-state index in [1.807, 2.05) is 17.0 Å². The van der Waals surface area contributed by atoms with Gasteiger partial charge in [-0.1, -0.05) is 0 Å². The number of nitrogens with zero attached hydrogens (tertiary/aromatic N) is 1. The number of carbonyl (C=O) groups is 1. The number of aromatic nitrogens is 1. The van der Waals surface area contributed by atoms with Crippen molar-refractivity contribution < 1.29 is 4.79 Å². The predicted octanol–water partition coefficient (Wildman–Crippen LogP) is 0.306. The van der Waals surface area contributed by atoms with Crippen LogP contribution in [0.3, 0.4) is 0 Å². The number of H-pyrrole nitrogens is 1. The molecule has 2 aliphatic rings. The summed E-state index contributed by atoms with van der Waals surface area (Å²) in [7, 11) is 0. The molecule has 1 amide bonds. The maximum atomic E-state index is 12.0. The number of carbonyl (C=O) groups excluding carboxylic acids is 1. The molecule has 2 saturated heterocycles. The molecule has 1 aromatic heterocycles. The van der Waals surface area contributed by atoms with Crippen LogP contribution in [0.5, 0.6) is 0 Å². The number of hydrogen-bond donors (Lipinski definition) is 2. The van der Waals surface area contributed by atoms with E-state index in [1.165, 1.54) is 0 Å². The highest BCUT2D eigenvalue weighted by Gasteiger charge is 2.38. The Morgan fingerprint density at radius 1 is 1.33 bits per heavy atom. The fraction of sp³-hybridized carbons (Fsp3) is 0.545. The van der Waals surface area contributed by atoms with E-state index in [0.29, 0.717) is 17.5 Å². The number of hydrogen-bond acceptors (Lipinski definition) is 2. The molecule has 1 aromatic rings. The molecular formula is C11H15N3O. The first kappa shape index (κ1) is 8.97. The molecular weight excluding hydrogens is 190 g/mol. The smallest absolute Gasteiger partial charge is 0.270 e. The minimum absolute atomic E-state index is 0.148. The summed E-state index contributed by atoms with van der Waals surface area (Å²) in [6.07, 6.45) is 1.80. The molecule has 0 aromatic carbocycles. The number of aromatic amines is 1. The SMILES string of the molecule is O=C(c1ccc[nH]1)N1C[C@H]2CNC[C@H]2C1. The highest BCUT2D eigenvalue weighted by Crippen LogP contribution is 2.27. The molecule has 0 bridgehead atoms. The van der Waals surface area contributed by atoms with Gasteiger partial charge in [-0.15, -0.1) is 0 Å². The van der Waals surface area contributed by atoms with E-state index >= 15 is 0 Å². The van der Waals surface area contributed by atoms with Gasteiger partial charge >= 0.3 is 0 Å². The van der Waals surface area contributed by atoms with Crippen molar-refractivity contribution in [1.29, 1.82) is 0 Å². The van der Waals surface area contributed by atoms with Crippen LogP contribution in [0.15, 0.2) is 18.3 Å². The Hall–Kier alpha value is -1.29. The van der Waals surface area contributed by atoms with Gasteiger partial charge in [0.1, 0.15) is 5.69 Å². The van der Waals surface area contributed by atoms with E-state index < -0.39 is 0 Å². The Balaban J connectivity index is 1.72. The van der Waals surface area contributed by atoms with E-state index in [2.05, 4.69) is 10.3 Å². The van der Waals surface area contributed by atoms with Crippen molar-refractivity contribution in [3.8, 4) is 0 Å². The van der Waals surface area contributed by atoms with Crippen molar-refractivity contribution in [3.05, 3.63) is 24.0 Å². The maximum Gasteiger partial charge on any atom is 0.270 e. The Bertz CT molecular complexity index is 348. The Labute approximate surface area is 88.7 Å². The molecule has 4 nitrogen and oxygen atoms in total. The second-order valence-corrected chi connectivity index (χ2v) is 4.47. The van der Waals surface area contributed by atoms with Crippen LogP contribution in [0.25, 0.3) is 0 Å². The molecule has 2 aliphatic heterocycles. The zero-order valence-electron chi connectivity index (χ0n) is 8.57. The maximum absolute atomic E-state index is 12.0. The van der Waals surface area contributed by atoms with E-state index in [-0.39, 0.29) is 5.91 Å². The molecule has 3 heterocycles. The monoisotopic (exact) mass is 205 g/mol. The van der Waals surface area contributed by atoms with Crippen molar-refractivity contribution in [2.45, 2.75) is 0 Å². The third-order valence-corrected chi connectivity index (χ3v) is 3.51. The van der Waals surface area contributed by atoms with Gasteiger partial charge in [-0.25, -0.2) is 0 Å². The van der Waals surface area contributed by atoms with Crippen LogP contribution >= 0.6 is 0 Å². The fourth-order valence-corrected chi connectivity index (χ4v) is 2.65. The van der Waals surface area contributed by atoms with Gasteiger partial charge < -0.3 is 15.2 Å². The van der Waals surface area contributed by atoms with Crippen molar-refractivity contribution in [2.75, 3.05) is 26.2 Å². The zero-order valence-corrected chi connectivity index (χ0v) is 8.57. The lowest BCUT2D eigenvalue weighted by atomic mass is 10.0. The second-order valence-electron chi connectivity index (χ2n) is 4.47. The molecule has 0 spiro atoms. The average molecular weight is 205 g/mol. The molecule has 0 radical (unpaired) electrons. The van der Waals surface area contributed by atoms with Gasteiger partial charge in [0.15, 0.2) is 0 Å². The zero-order chi connectivity index (χ0) is 10.3. The first-order chi connectivity index (χ1) is 7.34. The summed E-state index contributed by atoms with van der Waals surface area (Å²) in [5.74, 6) is 1.49. The van der Waals surface area contributed by atoms with Gasteiger partial charge in [0.05, 0.1) is 0 Å². The lowest BCUT2D eigenvalue weighted by Gasteiger charge is -2.16. The van der Waals surface area contributed by atoms with Crippen LogP contribution in [0.4, 0.5) is 0 Å². The van der Waals surface area contributed by atoms with Gasteiger partial charge in [-0.2, -0.15) is 0 Å². The minimum Gasteiger partial charge on any atom is -0.357 e. The molecule has 2 fully saturated rings. The molecule has 15 heavy (non-hydrogen) atoms. The van der Waals surface area contributed by atoms with Crippen molar-refractivity contribution >= 4 is 5.91 Å². The summed E-state index contributed by atoms with van der Waals surface area (Å²) in [6.45, 7) is 3.96. The van der Waals surface area contributed by atoms with Crippen molar-refractivity contribution in [2.24, 2.45) is 11.8 Å².